The van der Waals surface area contributed by atoms with Crippen LogP contribution in [0.5, 0.6) is 0 Å². The first-order valence-electron chi connectivity index (χ1n) is 11.9. The summed E-state index contributed by atoms with van der Waals surface area (Å²) in [5, 5.41) is 10.9. The minimum atomic E-state index is -0.0564. The van der Waals surface area contributed by atoms with Crippen LogP contribution in [0.4, 0.5) is 17.2 Å². The number of nitrogens with zero attached hydrogens (tertiary/aromatic N) is 3. The molecule has 0 atom stereocenters. The fourth-order valence-electron chi connectivity index (χ4n) is 4.39. The minimum Gasteiger partial charge on any atom is -0.355 e. The standard InChI is InChI=1S/C27H33N5O2/c1-5-24(33)29-25-20(4)30-32(22-9-7-6-8-10-22)27(25)31-15-13-21(14-16-31)26(34)28-23-17-18(2)11-12-19(23)3/h6-12,17,21H,5,13-16H2,1-4H3,(H,28,34)(H,29,33). The summed E-state index contributed by atoms with van der Waals surface area (Å²) in [5.41, 5.74) is 5.53. The molecule has 7 nitrogen and oxygen atoms in total. The highest BCUT2D eigenvalue weighted by Crippen LogP contribution is 2.35. The molecule has 34 heavy (non-hydrogen) atoms. The van der Waals surface area contributed by atoms with Crippen LogP contribution in [0.25, 0.3) is 5.69 Å². The number of piperidine rings is 1. The lowest BCUT2D eigenvalue weighted by Gasteiger charge is -2.33. The van der Waals surface area contributed by atoms with Gasteiger partial charge in [-0.15, -0.1) is 0 Å². The normalized spacial score (nSPS) is 14.2. The molecule has 2 heterocycles. The van der Waals surface area contributed by atoms with E-state index in [0.717, 1.165) is 52.5 Å². The highest BCUT2D eigenvalue weighted by atomic mass is 16.2. The molecule has 2 N–H and O–H groups in total. The van der Waals surface area contributed by atoms with Crippen molar-refractivity contribution >= 4 is 29.0 Å². The van der Waals surface area contributed by atoms with Crippen molar-refractivity contribution in [2.75, 3.05) is 28.6 Å². The fourth-order valence-corrected chi connectivity index (χ4v) is 4.39. The Labute approximate surface area is 201 Å². The molecule has 0 spiro atoms. The van der Waals surface area contributed by atoms with Gasteiger partial charge < -0.3 is 15.5 Å². The highest BCUT2D eigenvalue weighted by molar-refractivity contribution is 5.95. The van der Waals surface area contributed by atoms with Crippen LogP contribution in [0.1, 0.15) is 43.0 Å². The van der Waals surface area contributed by atoms with Crippen molar-refractivity contribution in [1.82, 2.24) is 9.78 Å². The predicted octanol–water partition coefficient (Wildman–Crippen LogP) is 5.00. The van der Waals surface area contributed by atoms with Gasteiger partial charge >= 0.3 is 0 Å². The maximum absolute atomic E-state index is 13.0. The molecule has 1 aromatic heterocycles. The summed E-state index contributed by atoms with van der Waals surface area (Å²) < 4.78 is 1.90. The summed E-state index contributed by atoms with van der Waals surface area (Å²) >= 11 is 0. The van der Waals surface area contributed by atoms with Crippen molar-refractivity contribution < 1.29 is 9.59 Å². The van der Waals surface area contributed by atoms with Gasteiger partial charge in [0.2, 0.25) is 11.8 Å². The van der Waals surface area contributed by atoms with Crippen LogP contribution in [0.2, 0.25) is 0 Å². The summed E-state index contributed by atoms with van der Waals surface area (Å²) in [5.74, 6) is 0.846. The van der Waals surface area contributed by atoms with Crippen LogP contribution >= 0.6 is 0 Å². The molecule has 0 aliphatic carbocycles. The Morgan fingerprint density at radius 2 is 1.71 bits per heavy atom. The average molecular weight is 460 g/mol. The number of para-hydroxylation sites is 1. The van der Waals surface area contributed by atoms with Gasteiger partial charge in [0, 0.05) is 31.1 Å². The minimum absolute atomic E-state index is 0.0419. The Balaban J connectivity index is 1.54. The Morgan fingerprint density at radius 1 is 1.00 bits per heavy atom. The zero-order valence-electron chi connectivity index (χ0n) is 20.4. The van der Waals surface area contributed by atoms with Crippen LogP contribution in [0.3, 0.4) is 0 Å². The monoisotopic (exact) mass is 459 g/mol. The Morgan fingerprint density at radius 3 is 2.38 bits per heavy atom. The zero-order chi connectivity index (χ0) is 24.2. The molecule has 0 saturated carbocycles. The predicted molar refractivity (Wildman–Crippen MR) is 137 cm³/mol. The Kier molecular flexibility index (Phi) is 7.01. The van der Waals surface area contributed by atoms with Gasteiger partial charge in [-0.3, -0.25) is 9.59 Å². The number of aromatic nitrogens is 2. The van der Waals surface area contributed by atoms with Crippen molar-refractivity contribution in [2.24, 2.45) is 5.92 Å². The lowest BCUT2D eigenvalue weighted by molar-refractivity contribution is -0.120. The second-order valence-corrected chi connectivity index (χ2v) is 9.00. The van der Waals surface area contributed by atoms with Crippen molar-refractivity contribution in [3.63, 3.8) is 0 Å². The van der Waals surface area contributed by atoms with E-state index < -0.39 is 0 Å². The summed E-state index contributed by atoms with van der Waals surface area (Å²) in [4.78, 5) is 27.5. The first-order chi connectivity index (χ1) is 16.4. The lowest BCUT2D eigenvalue weighted by atomic mass is 9.95. The number of carbonyl (C=O) groups is 2. The average Bonchev–Trinajstić information content (AvgIpc) is 3.17. The van der Waals surface area contributed by atoms with Gasteiger partial charge in [0.15, 0.2) is 5.82 Å². The number of benzene rings is 2. The van der Waals surface area contributed by atoms with E-state index in [0.29, 0.717) is 19.5 Å². The van der Waals surface area contributed by atoms with E-state index in [1.807, 2.05) is 74.8 Å². The number of anilines is 3. The van der Waals surface area contributed by atoms with Gasteiger partial charge in [-0.05, 0) is 62.9 Å². The van der Waals surface area contributed by atoms with E-state index in [2.05, 4.69) is 21.6 Å². The first-order valence-corrected chi connectivity index (χ1v) is 11.9. The molecule has 1 aliphatic rings. The van der Waals surface area contributed by atoms with Crippen LogP contribution < -0.4 is 15.5 Å². The number of hydrogen-bond acceptors (Lipinski definition) is 4. The first kappa shape index (κ1) is 23.5. The molecule has 178 valence electrons. The van der Waals surface area contributed by atoms with Gasteiger partial charge in [-0.25, -0.2) is 4.68 Å². The maximum Gasteiger partial charge on any atom is 0.227 e. The molecule has 3 aromatic rings. The van der Waals surface area contributed by atoms with Gasteiger partial charge in [-0.1, -0.05) is 37.3 Å². The second kappa shape index (κ2) is 10.1. The number of carbonyl (C=O) groups excluding carboxylic acids is 2. The number of amides is 2. The number of hydrogen-bond donors (Lipinski definition) is 2. The molecule has 4 rings (SSSR count). The maximum atomic E-state index is 13.0. The van der Waals surface area contributed by atoms with E-state index in [4.69, 9.17) is 5.10 Å². The van der Waals surface area contributed by atoms with E-state index in [9.17, 15) is 9.59 Å². The largest absolute Gasteiger partial charge is 0.355 e. The molecule has 0 radical (unpaired) electrons. The van der Waals surface area contributed by atoms with Crippen LogP contribution in [-0.4, -0.2) is 34.7 Å². The van der Waals surface area contributed by atoms with Crippen molar-refractivity contribution in [3.05, 3.63) is 65.4 Å². The third-order valence-electron chi connectivity index (χ3n) is 6.44. The molecule has 0 unspecified atom stereocenters. The van der Waals surface area contributed by atoms with Gasteiger partial charge in [0.1, 0.15) is 5.69 Å². The lowest BCUT2D eigenvalue weighted by Crippen LogP contribution is -2.39. The van der Waals surface area contributed by atoms with Crippen molar-refractivity contribution in [3.8, 4) is 5.69 Å². The second-order valence-electron chi connectivity index (χ2n) is 9.00. The molecule has 2 amide bonds. The van der Waals surface area contributed by atoms with E-state index in [-0.39, 0.29) is 17.7 Å². The molecule has 2 aromatic carbocycles. The molecule has 7 heteroatoms. The van der Waals surface area contributed by atoms with E-state index >= 15 is 0 Å². The summed E-state index contributed by atoms with van der Waals surface area (Å²) in [6, 6.07) is 16.0. The molecule has 1 fully saturated rings. The van der Waals surface area contributed by atoms with Crippen LogP contribution in [0.15, 0.2) is 48.5 Å². The topological polar surface area (TPSA) is 79.3 Å². The highest BCUT2D eigenvalue weighted by Gasteiger charge is 2.30. The third-order valence-corrected chi connectivity index (χ3v) is 6.44. The third kappa shape index (κ3) is 4.98. The summed E-state index contributed by atoms with van der Waals surface area (Å²) in [7, 11) is 0. The molecular weight excluding hydrogens is 426 g/mol. The van der Waals surface area contributed by atoms with Gasteiger partial charge in [0.25, 0.3) is 0 Å². The number of aryl methyl sites for hydroxylation is 3. The smallest absolute Gasteiger partial charge is 0.227 e. The Hall–Kier alpha value is -3.61. The Bertz CT molecular complexity index is 1180. The van der Waals surface area contributed by atoms with Crippen molar-refractivity contribution in [1.29, 1.82) is 0 Å². The molecular formula is C27H33N5O2. The number of rotatable bonds is 6. The summed E-state index contributed by atoms with van der Waals surface area (Å²) in [6.07, 6.45) is 1.86. The fraction of sp³-hybridized carbons (Fsp3) is 0.370. The SMILES string of the molecule is CCC(=O)Nc1c(C)nn(-c2ccccc2)c1N1CCC(C(=O)Nc2cc(C)ccc2C)CC1. The quantitative estimate of drug-likeness (QED) is 0.544. The van der Waals surface area contributed by atoms with Gasteiger partial charge in [-0.2, -0.15) is 5.10 Å². The molecule has 1 saturated heterocycles. The molecule has 0 bridgehead atoms. The van der Waals surface area contributed by atoms with E-state index in [1.165, 1.54) is 0 Å². The number of nitrogens with one attached hydrogen (secondary N) is 2. The zero-order valence-corrected chi connectivity index (χ0v) is 20.4. The van der Waals surface area contributed by atoms with Gasteiger partial charge in [0.05, 0.1) is 11.4 Å². The van der Waals surface area contributed by atoms with Crippen molar-refractivity contribution in [2.45, 2.75) is 47.0 Å². The van der Waals surface area contributed by atoms with Crippen LogP contribution in [-0.2, 0) is 9.59 Å². The summed E-state index contributed by atoms with van der Waals surface area (Å²) in [6.45, 7) is 9.21. The van der Waals surface area contributed by atoms with E-state index in [1.54, 1.807) is 0 Å². The molecule has 1 aliphatic heterocycles. The van der Waals surface area contributed by atoms with Crippen LogP contribution in [0, 0.1) is 26.7 Å².